The molecule has 0 unspecified atom stereocenters. The van der Waals surface area contributed by atoms with Crippen molar-refractivity contribution in [1.82, 2.24) is 10.6 Å². The fourth-order valence-electron chi connectivity index (χ4n) is 2.81. The van der Waals surface area contributed by atoms with Gasteiger partial charge >= 0.3 is 0 Å². The summed E-state index contributed by atoms with van der Waals surface area (Å²) in [6.45, 7) is 7.67. The molecule has 150 valence electrons. The van der Waals surface area contributed by atoms with Gasteiger partial charge in [-0.3, -0.25) is 4.79 Å². The predicted molar refractivity (Wildman–Crippen MR) is 115 cm³/mol. The minimum absolute atomic E-state index is 0.0802. The van der Waals surface area contributed by atoms with Gasteiger partial charge in [0.15, 0.2) is 5.96 Å². The monoisotopic (exact) mass is 382 g/mol. The van der Waals surface area contributed by atoms with E-state index >= 15 is 0 Å². The number of benzene rings is 2. The summed E-state index contributed by atoms with van der Waals surface area (Å²) < 4.78 is 5.39. The maximum absolute atomic E-state index is 11.2. The number of hydrogen-bond donors (Lipinski definition) is 3. The van der Waals surface area contributed by atoms with Crippen LogP contribution in [-0.4, -0.2) is 32.1 Å². The Hall–Kier alpha value is -3.02. The van der Waals surface area contributed by atoms with E-state index in [0.29, 0.717) is 6.54 Å². The molecule has 0 saturated heterocycles. The van der Waals surface area contributed by atoms with Crippen molar-refractivity contribution in [3.8, 4) is 5.75 Å². The molecule has 2 aromatic carbocycles. The van der Waals surface area contributed by atoms with Crippen molar-refractivity contribution in [1.29, 1.82) is 0 Å². The lowest BCUT2D eigenvalue weighted by Crippen LogP contribution is -2.38. The summed E-state index contributed by atoms with van der Waals surface area (Å²) in [6.07, 6.45) is 0.874. The van der Waals surface area contributed by atoms with Crippen LogP contribution in [0.2, 0.25) is 0 Å². The Morgan fingerprint density at radius 1 is 1.11 bits per heavy atom. The van der Waals surface area contributed by atoms with Gasteiger partial charge < -0.3 is 20.7 Å². The van der Waals surface area contributed by atoms with E-state index in [4.69, 9.17) is 4.74 Å². The molecule has 1 amide bonds. The second-order valence-corrected chi connectivity index (χ2v) is 6.56. The highest BCUT2D eigenvalue weighted by molar-refractivity contribution is 5.88. The van der Waals surface area contributed by atoms with E-state index in [1.807, 2.05) is 38.1 Å². The molecule has 0 aliphatic heterocycles. The van der Waals surface area contributed by atoms with E-state index in [1.54, 1.807) is 7.11 Å². The summed E-state index contributed by atoms with van der Waals surface area (Å²) in [4.78, 5) is 15.8. The molecule has 0 heterocycles. The molecule has 6 nitrogen and oxygen atoms in total. The van der Waals surface area contributed by atoms with Crippen LogP contribution in [0, 0.1) is 6.92 Å². The molecule has 0 atom stereocenters. The number of aryl methyl sites for hydroxylation is 1. The quantitative estimate of drug-likeness (QED) is 0.484. The van der Waals surface area contributed by atoms with Gasteiger partial charge in [-0.1, -0.05) is 24.3 Å². The maximum atomic E-state index is 11.2. The first kappa shape index (κ1) is 21.3. The molecule has 0 radical (unpaired) electrons. The highest BCUT2D eigenvalue weighted by atomic mass is 16.5. The van der Waals surface area contributed by atoms with Gasteiger partial charge in [0.1, 0.15) is 5.75 Å². The summed E-state index contributed by atoms with van der Waals surface area (Å²) in [7, 11) is 1.70. The van der Waals surface area contributed by atoms with Crippen LogP contribution in [0.5, 0.6) is 5.75 Å². The van der Waals surface area contributed by atoms with Crippen molar-refractivity contribution < 1.29 is 9.53 Å². The van der Waals surface area contributed by atoms with Gasteiger partial charge in [0.2, 0.25) is 5.91 Å². The SMILES string of the molecule is CCNC(=NCc1cccc(NC(C)=O)c1)NCCc1ccc(C)c(OC)c1. The lowest BCUT2D eigenvalue weighted by Gasteiger charge is -2.12. The molecule has 0 fully saturated rings. The number of rotatable bonds is 8. The van der Waals surface area contributed by atoms with E-state index in [0.717, 1.165) is 48.0 Å². The van der Waals surface area contributed by atoms with Crippen molar-refractivity contribution >= 4 is 17.6 Å². The van der Waals surface area contributed by atoms with Crippen LogP contribution in [0.4, 0.5) is 5.69 Å². The third-order valence-electron chi connectivity index (χ3n) is 4.19. The summed E-state index contributed by atoms with van der Waals surface area (Å²) >= 11 is 0. The number of amides is 1. The number of nitrogens with one attached hydrogen (secondary N) is 3. The minimum Gasteiger partial charge on any atom is -0.496 e. The molecule has 6 heteroatoms. The number of methoxy groups -OCH3 is 1. The largest absolute Gasteiger partial charge is 0.496 e. The Kier molecular flexibility index (Phi) is 8.34. The Balaban J connectivity index is 1.94. The number of nitrogens with zero attached hydrogens (tertiary/aromatic N) is 1. The molecular formula is C22H30N4O2. The Morgan fingerprint density at radius 2 is 1.93 bits per heavy atom. The van der Waals surface area contributed by atoms with Crippen molar-refractivity contribution in [3.63, 3.8) is 0 Å². The Morgan fingerprint density at radius 3 is 2.64 bits per heavy atom. The lowest BCUT2D eigenvalue weighted by atomic mass is 10.1. The molecule has 3 N–H and O–H groups in total. The summed E-state index contributed by atoms with van der Waals surface area (Å²) in [6, 6.07) is 14.0. The van der Waals surface area contributed by atoms with Crippen molar-refractivity contribution in [2.75, 3.05) is 25.5 Å². The van der Waals surface area contributed by atoms with E-state index < -0.39 is 0 Å². The smallest absolute Gasteiger partial charge is 0.221 e. The zero-order valence-corrected chi connectivity index (χ0v) is 17.1. The van der Waals surface area contributed by atoms with Gasteiger partial charge in [-0.15, -0.1) is 0 Å². The molecule has 28 heavy (non-hydrogen) atoms. The molecule has 2 aromatic rings. The fourth-order valence-corrected chi connectivity index (χ4v) is 2.81. The number of ether oxygens (including phenoxy) is 1. The first-order valence-electron chi connectivity index (χ1n) is 9.54. The molecule has 0 bridgehead atoms. The van der Waals surface area contributed by atoms with Crippen LogP contribution < -0.4 is 20.7 Å². The third kappa shape index (κ3) is 6.95. The van der Waals surface area contributed by atoms with Crippen LogP contribution in [0.3, 0.4) is 0 Å². The molecule has 0 aliphatic rings. The van der Waals surface area contributed by atoms with Crippen LogP contribution in [0.1, 0.15) is 30.5 Å². The second kappa shape index (κ2) is 11.0. The van der Waals surface area contributed by atoms with Crippen LogP contribution in [0.25, 0.3) is 0 Å². The minimum atomic E-state index is -0.0802. The van der Waals surface area contributed by atoms with E-state index in [2.05, 4.69) is 39.1 Å². The Labute approximate surface area is 167 Å². The van der Waals surface area contributed by atoms with Crippen LogP contribution in [0.15, 0.2) is 47.5 Å². The molecule has 0 spiro atoms. The zero-order valence-electron chi connectivity index (χ0n) is 17.1. The van der Waals surface area contributed by atoms with Gasteiger partial charge in [0, 0.05) is 25.7 Å². The van der Waals surface area contributed by atoms with E-state index in [9.17, 15) is 4.79 Å². The number of carbonyl (C=O) groups excluding carboxylic acids is 1. The summed E-state index contributed by atoms with van der Waals surface area (Å²) in [5.74, 6) is 1.60. The number of hydrogen-bond acceptors (Lipinski definition) is 3. The predicted octanol–water partition coefficient (Wildman–Crippen LogP) is 3.26. The topological polar surface area (TPSA) is 74.8 Å². The first-order valence-corrected chi connectivity index (χ1v) is 9.54. The average Bonchev–Trinajstić information content (AvgIpc) is 2.67. The van der Waals surface area contributed by atoms with Crippen LogP contribution in [-0.2, 0) is 17.8 Å². The normalized spacial score (nSPS) is 11.1. The zero-order chi connectivity index (χ0) is 20.4. The molecule has 0 aliphatic carbocycles. The van der Waals surface area contributed by atoms with Gasteiger partial charge in [0.25, 0.3) is 0 Å². The van der Waals surface area contributed by atoms with Gasteiger partial charge in [-0.2, -0.15) is 0 Å². The van der Waals surface area contributed by atoms with E-state index in [1.165, 1.54) is 12.5 Å². The summed E-state index contributed by atoms with van der Waals surface area (Å²) in [5, 5.41) is 9.42. The molecule has 0 aromatic heterocycles. The number of aliphatic imine (C=N–C) groups is 1. The highest BCUT2D eigenvalue weighted by Crippen LogP contribution is 2.19. The maximum Gasteiger partial charge on any atom is 0.221 e. The molecular weight excluding hydrogens is 352 g/mol. The number of guanidine groups is 1. The number of anilines is 1. The lowest BCUT2D eigenvalue weighted by molar-refractivity contribution is -0.114. The van der Waals surface area contributed by atoms with Crippen molar-refractivity contribution in [3.05, 3.63) is 59.2 Å². The highest BCUT2D eigenvalue weighted by Gasteiger charge is 2.03. The van der Waals surface area contributed by atoms with Gasteiger partial charge in [-0.25, -0.2) is 4.99 Å². The average molecular weight is 383 g/mol. The molecule has 0 saturated carbocycles. The van der Waals surface area contributed by atoms with E-state index in [-0.39, 0.29) is 5.91 Å². The molecule has 2 rings (SSSR count). The van der Waals surface area contributed by atoms with Crippen LogP contribution >= 0.6 is 0 Å². The fraction of sp³-hybridized carbons (Fsp3) is 0.364. The first-order chi connectivity index (χ1) is 13.5. The third-order valence-corrected chi connectivity index (χ3v) is 4.19. The summed E-state index contributed by atoms with van der Waals surface area (Å²) in [5.41, 5.74) is 4.17. The van der Waals surface area contributed by atoms with Gasteiger partial charge in [-0.05, 0) is 55.2 Å². The van der Waals surface area contributed by atoms with Gasteiger partial charge in [0.05, 0.1) is 13.7 Å². The standard InChI is InChI=1S/C22H30N4O2/c1-5-23-22(24-12-11-18-10-9-16(2)21(14-18)28-4)25-15-19-7-6-8-20(13-19)26-17(3)27/h6-10,13-14H,5,11-12,15H2,1-4H3,(H,26,27)(H2,23,24,25). The number of carbonyl (C=O) groups is 1. The Bertz CT molecular complexity index is 818. The van der Waals surface area contributed by atoms with Crippen molar-refractivity contribution in [2.24, 2.45) is 4.99 Å². The van der Waals surface area contributed by atoms with Crippen molar-refractivity contribution in [2.45, 2.75) is 33.7 Å². The second-order valence-electron chi connectivity index (χ2n) is 6.56.